The Labute approximate surface area is 155 Å². The number of likely N-dealkylation sites (tertiary alicyclic amines) is 1. The minimum atomic E-state index is -1.06. The van der Waals surface area contributed by atoms with Gasteiger partial charge in [0.1, 0.15) is 11.1 Å². The van der Waals surface area contributed by atoms with Crippen LogP contribution in [-0.2, 0) is 25.6 Å². The van der Waals surface area contributed by atoms with Crippen LogP contribution in [0.3, 0.4) is 0 Å². The zero-order valence-corrected chi connectivity index (χ0v) is 16.3. The molecule has 0 spiro atoms. The van der Waals surface area contributed by atoms with Crippen LogP contribution in [0, 0.1) is 0 Å². The van der Waals surface area contributed by atoms with Crippen LogP contribution >= 0.6 is 0 Å². The number of carbonyl (C=O) groups is 2. The highest BCUT2D eigenvalue weighted by atomic mass is 16.6. The van der Waals surface area contributed by atoms with E-state index in [4.69, 9.17) is 14.2 Å². The summed E-state index contributed by atoms with van der Waals surface area (Å²) in [5, 5.41) is 0. The normalized spacial score (nSPS) is 23.0. The van der Waals surface area contributed by atoms with Crippen molar-refractivity contribution in [3.05, 3.63) is 35.9 Å². The SMILES string of the molecule is CCC1(C(=O)OC)C[C@@H](OCc2ccccc2)CN1C(=O)OC(C)(C)C. The Morgan fingerprint density at radius 1 is 1.23 bits per heavy atom. The first-order chi connectivity index (χ1) is 12.2. The highest BCUT2D eigenvalue weighted by Crippen LogP contribution is 2.36. The Bertz CT molecular complexity index is 625. The van der Waals surface area contributed by atoms with Crippen molar-refractivity contribution in [1.29, 1.82) is 0 Å². The summed E-state index contributed by atoms with van der Waals surface area (Å²) in [6, 6.07) is 9.81. The lowest BCUT2D eigenvalue weighted by atomic mass is 9.92. The van der Waals surface area contributed by atoms with Crippen molar-refractivity contribution >= 4 is 12.1 Å². The van der Waals surface area contributed by atoms with E-state index in [-0.39, 0.29) is 6.10 Å². The second-order valence-corrected chi connectivity index (χ2v) is 7.59. The van der Waals surface area contributed by atoms with E-state index in [0.717, 1.165) is 5.56 Å². The zero-order valence-electron chi connectivity index (χ0n) is 16.3. The maximum absolute atomic E-state index is 12.7. The molecule has 1 aliphatic rings. The van der Waals surface area contributed by atoms with Gasteiger partial charge in [-0.2, -0.15) is 0 Å². The average Bonchev–Trinajstić information content (AvgIpc) is 2.99. The Kier molecular flexibility index (Phi) is 6.29. The molecule has 0 aromatic heterocycles. The Morgan fingerprint density at radius 2 is 1.88 bits per heavy atom. The standard InChI is InChI=1S/C20H29NO5/c1-6-20(17(22)24-5)12-16(25-14-15-10-8-7-9-11-15)13-21(20)18(23)26-19(2,3)4/h7-11,16H,6,12-14H2,1-5H3/t16-,20?/m1/s1. The highest BCUT2D eigenvalue weighted by molar-refractivity contribution is 5.86. The molecule has 0 bridgehead atoms. The van der Waals surface area contributed by atoms with Gasteiger partial charge in [0, 0.05) is 6.42 Å². The van der Waals surface area contributed by atoms with Gasteiger partial charge in [-0.15, -0.1) is 0 Å². The predicted molar refractivity (Wildman–Crippen MR) is 97.6 cm³/mol. The van der Waals surface area contributed by atoms with Crippen molar-refractivity contribution in [1.82, 2.24) is 4.90 Å². The summed E-state index contributed by atoms with van der Waals surface area (Å²) in [5.41, 5.74) is -0.655. The van der Waals surface area contributed by atoms with E-state index in [1.54, 1.807) is 20.8 Å². The van der Waals surface area contributed by atoms with Crippen molar-refractivity contribution in [2.45, 2.75) is 64.4 Å². The lowest BCUT2D eigenvalue weighted by Gasteiger charge is -2.35. The van der Waals surface area contributed by atoms with Crippen LogP contribution in [0.25, 0.3) is 0 Å². The number of ether oxygens (including phenoxy) is 3. The minimum absolute atomic E-state index is 0.262. The van der Waals surface area contributed by atoms with Crippen LogP contribution in [0.2, 0.25) is 0 Å². The van der Waals surface area contributed by atoms with Crippen molar-refractivity contribution in [2.24, 2.45) is 0 Å². The number of rotatable bonds is 5. The van der Waals surface area contributed by atoms with Crippen molar-refractivity contribution in [2.75, 3.05) is 13.7 Å². The molecule has 0 aliphatic carbocycles. The van der Waals surface area contributed by atoms with Gasteiger partial charge >= 0.3 is 12.1 Å². The average molecular weight is 363 g/mol. The van der Waals surface area contributed by atoms with Crippen LogP contribution in [0.5, 0.6) is 0 Å². The summed E-state index contributed by atoms with van der Waals surface area (Å²) in [6.07, 6.45) is 0.0455. The van der Waals surface area contributed by atoms with Crippen LogP contribution in [0.15, 0.2) is 30.3 Å². The zero-order chi connectivity index (χ0) is 19.4. The summed E-state index contributed by atoms with van der Waals surface area (Å²) in [7, 11) is 1.34. The highest BCUT2D eigenvalue weighted by Gasteiger charge is 2.54. The second kappa shape index (κ2) is 8.08. The van der Waals surface area contributed by atoms with Crippen LogP contribution in [0.4, 0.5) is 4.79 Å². The van der Waals surface area contributed by atoms with Gasteiger partial charge in [-0.05, 0) is 32.8 Å². The van der Waals surface area contributed by atoms with Gasteiger partial charge in [-0.3, -0.25) is 4.90 Å². The first kappa shape index (κ1) is 20.2. The van der Waals surface area contributed by atoms with E-state index in [1.807, 2.05) is 37.3 Å². The summed E-state index contributed by atoms with van der Waals surface area (Å²) in [4.78, 5) is 26.7. The number of amides is 1. The van der Waals surface area contributed by atoms with E-state index in [2.05, 4.69) is 0 Å². The van der Waals surface area contributed by atoms with Gasteiger partial charge in [-0.1, -0.05) is 37.3 Å². The molecule has 1 heterocycles. The summed E-state index contributed by atoms with van der Waals surface area (Å²) < 4.78 is 16.5. The summed E-state index contributed by atoms with van der Waals surface area (Å²) >= 11 is 0. The monoisotopic (exact) mass is 363 g/mol. The topological polar surface area (TPSA) is 65.1 Å². The third-order valence-corrected chi connectivity index (χ3v) is 4.56. The summed E-state index contributed by atoms with van der Waals surface area (Å²) in [5.74, 6) is -0.434. The molecule has 0 saturated carbocycles. The van der Waals surface area contributed by atoms with Gasteiger partial charge in [0.15, 0.2) is 0 Å². The molecule has 1 fully saturated rings. The molecule has 1 aromatic rings. The molecule has 1 unspecified atom stereocenters. The van der Waals surface area contributed by atoms with Crippen LogP contribution < -0.4 is 0 Å². The molecule has 6 heteroatoms. The second-order valence-electron chi connectivity index (χ2n) is 7.59. The number of hydrogen-bond acceptors (Lipinski definition) is 5. The minimum Gasteiger partial charge on any atom is -0.467 e. The molecule has 0 radical (unpaired) electrons. The number of nitrogens with zero attached hydrogens (tertiary/aromatic N) is 1. The Hall–Kier alpha value is -2.08. The molecule has 1 saturated heterocycles. The van der Waals surface area contributed by atoms with Gasteiger partial charge in [0.25, 0.3) is 0 Å². The molecule has 0 N–H and O–H groups in total. The number of methoxy groups -OCH3 is 1. The van der Waals surface area contributed by atoms with Gasteiger partial charge in [0.2, 0.25) is 0 Å². The smallest absolute Gasteiger partial charge is 0.411 e. The summed E-state index contributed by atoms with van der Waals surface area (Å²) in [6.45, 7) is 8.00. The number of carbonyl (C=O) groups excluding carboxylic acids is 2. The fourth-order valence-electron chi connectivity index (χ4n) is 3.26. The predicted octanol–water partition coefficient (Wildman–Crippen LogP) is 3.53. The molecule has 1 aromatic carbocycles. The molecule has 144 valence electrons. The molecule has 26 heavy (non-hydrogen) atoms. The molecule has 6 nitrogen and oxygen atoms in total. The van der Waals surface area contributed by atoms with E-state index < -0.39 is 23.2 Å². The maximum Gasteiger partial charge on any atom is 0.411 e. The van der Waals surface area contributed by atoms with Crippen molar-refractivity contribution in [3.63, 3.8) is 0 Å². The molecule has 1 aliphatic heterocycles. The van der Waals surface area contributed by atoms with E-state index in [9.17, 15) is 9.59 Å². The van der Waals surface area contributed by atoms with E-state index in [0.29, 0.717) is 26.0 Å². The molecular weight excluding hydrogens is 334 g/mol. The Morgan fingerprint density at radius 3 is 2.42 bits per heavy atom. The van der Waals surface area contributed by atoms with Crippen LogP contribution in [0.1, 0.15) is 46.1 Å². The number of benzene rings is 1. The first-order valence-electron chi connectivity index (χ1n) is 8.96. The largest absolute Gasteiger partial charge is 0.467 e. The third-order valence-electron chi connectivity index (χ3n) is 4.56. The molecule has 2 rings (SSSR count). The van der Waals surface area contributed by atoms with Crippen molar-refractivity contribution < 1.29 is 23.8 Å². The molecule has 2 atom stereocenters. The van der Waals surface area contributed by atoms with E-state index >= 15 is 0 Å². The molecular formula is C20H29NO5. The molecule has 1 amide bonds. The number of hydrogen-bond donors (Lipinski definition) is 0. The third kappa shape index (κ3) is 4.55. The number of esters is 1. The first-order valence-corrected chi connectivity index (χ1v) is 8.96. The Balaban J connectivity index is 2.17. The van der Waals surface area contributed by atoms with Gasteiger partial charge < -0.3 is 14.2 Å². The van der Waals surface area contributed by atoms with Crippen molar-refractivity contribution in [3.8, 4) is 0 Å². The van der Waals surface area contributed by atoms with Gasteiger partial charge in [0.05, 0.1) is 26.4 Å². The van der Waals surface area contributed by atoms with E-state index in [1.165, 1.54) is 12.0 Å². The quantitative estimate of drug-likeness (QED) is 0.749. The maximum atomic E-state index is 12.7. The lowest BCUT2D eigenvalue weighted by Crippen LogP contribution is -2.54. The fraction of sp³-hybridized carbons (Fsp3) is 0.600. The van der Waals surface area contributed by atoms with Crippen LogP contribution in [-0.4, -0.2) is 47.9 Å². The lowest BCUT2D eigenvalue weighted by molar-refractivity contribution is -0.153. The fourth-order valence-corrected chi connectivity index (χ4v) is 3.26. The van der Waals surface area contributed by atoms with Gasteiger partial charge in [-0.25, -0.2) is 9.59 Å².